The van der Waals surface area contributed by atoms with Gasteiger partial charge in [0.15, 0.2) is 0 Å². The molecule has 2 aromatic carbocycles. The second kappa shape index (κ2) is 8.62. The molecule has 30 heavy (non-hydrogen) atoms. The van der Waals surface area contributed by atoms with Crippen molar-refractivity contribution in [1.29, 1.82) is 0 Å². The molecule has 2 N–H and O–H groups in total. The van der Waals surface area contributed by atoms with Crippen molar-refractivity contribution >= 4 is 23.2 Å². The summed E-state index contributed by atoms with van der Waals surface area (Å²) in [5, 5.41) is 11.7. The Morgan fingerprint density at radius 1 is 1.10 bits per heavy atom. The summed E-state index contributed by atoms with van der Waals surface area (Å²) < 4.78 is 1.96. The number of rotatable bonds is 4. The normalized spacial score (nSPS) is 14.7. The second-order valence-corrected chi connectivity index (χ2v) is 8.49. The molecule has 1 aliphatic rings. The molecule has 1 fully saturated rings. The van der Waals surface area contributed by atoms with E-state index in [0.717, 1.165) is 48.4 Å². The van der Waals surface area contributed by atoms with Crippen LogP contribution in [0.25, 0.3) is 5.69 Å². The fourth-order valence-electron chi connectivity index (χ4n) is 4.13. The molecule has 3 aromatic rings. The van der Waals surface area contributed by atoms with Gasteiger partial charge in [-0.2, -0.15) is 5.10 Å². The van der Waals surface area contributed by atoms with Gasteiger partial charge in [0.25, 0.3) is 5.91 Å². The molecule has 156 valence electrons. The van der Waals surface area contributed by atoms with Gasteiger partial charge in [-0.25, -0.2) is 4.68 Å². The SMILES string of the molecule is Cc1ccc(-n2ncc(C(=O)Nc3ccc(C)c(Cl)c3)c2C2CCNCC2)c(C)c1. The molecule has 1 aliphatic heterocycles. The summed E-state index contributed by atoms with van der Waals surface area (Å²) in [4.78, 5) is 13.2. The molecule has 0 spiro atoms. The minimum absolute atomic E-state index is 0.153. The minimum atomic E-state index is -0.153. The number of piperidine rings is 1. The molecule has 0 radical (unpaired) electrons. The number of nitrogens with zero attached hydrogens (tertiary/aromatic N) is 2. The zero-order valence-electron chi connectivity index (χ0n) is 17.6. The van der Waals surface area contributed by atoms with Gasteiger partial charge < -0.3 is 10.6 Å². The Morgan fingerprint density at radius 3 is 2.57 bits per heavy atom. The summed E-state index contributed by atoms with van der Waals surface area (Å²) >= 11 is 6.24. The van der Waals surface area contributed by atoms with Crippen molar-refractivity contribution in [2.24, 2.45) is 0 Å². The number of amides is 1. The van der Waals surface area contributed by atoms with Crippen LogP contribution < -0.4 is 10.6 Å². The van der Waals surface area contributed by atoms with Crippen molar-refractivity contribution in [2.75, 3.05) is 18.4 Å². The van der Waals surface area contributed by atoms with Crippen molar-refractivity contribution in [2.45, 2.75) is 39.5 Å². The highest BCUT2D eigenvalue weighted by Crippen LogP contribution is 2.32. The monoisotopic (exact) mass is 422 g/mol. The highest BCUT2D eigenvalue weighted by molar-refractivity contribution is 6.31. The first kappa shape index (κ1) is 20.6. The Hall–Kier alpha value is -2.63. The first-order valence-corrected chi connectivity index (χ1v) is 10.8. The third-order valence-corrected chi connectivity index (χ3v) is 6.19. The molecule has 6 heteroatoms. The second-order valence-electron chi connectivity index (χ2n) is 8.09. The number of aromatic nitrogens is 2. The number of halogens is 1. The van der Waals surface area contributed by atoms with Crippen molar-refractivity contribution in [3.8, 4) is 5.69 Å². The Morgan fingerprint density at radius 2 is 1.87 bits per heavy atom. The van der Waals surface area contributed by atoms with Crippen molar-refractivity contribution in [3.63, 3.8) is 0 Å². The number of aryl methyl sites for hydroxylation is 3. The van der Waals surface area contributed by atoms with E-state index in [9.17, 15) is 4.79 Å². The molecule has 1 amide bonds. The quantitative estimate of drug-likeness (QED) is 0.609. The molecule has 1 aromatic heterocycles. The topological polar surface area (TPSA) is 59.0 Å². The average Bonchev–Trinajstić information content (AvgIpc) is 3.16. The molecule has 0 saturated carbocycles. The van der Waals surface area contributed by atoms with Gasteiger partial charge in [0.1, 0.15) is 0 Å². The predicted molar refractivity (Wildman–Crippen MR) is 122 cm³/mol. The van der Waals surface area contributed by atoms with Gasteiger partial charge in [-0.3, -0.25) is 4.79 Å². The number of nitrogens with one attached hydrogen (secondary N) is 2. The summed E-state index contributed by atoms with van der Waals surface area (Å²) in [6.45, 7) is 8.00. The van der Waals surface area contributed by atoms with Gasteiger partial charge in [0, 0.05) is 16.6 Å². The van der Waals surface area contributed by atoms with Crippen molar-refractivity contribution in [3.05, 3.63) is 75.6 Å². The lowest BCUT2D eigenvalue weighted by atomic mass is 9.91. The zero-order chi connectivity index (χ0) is 21.3. The summed E-state index contributed by atoms with van der Waals surface area (Å²) in [7, 11) is 0. The number of benzene rings is 2. The summed E-state index contributed by atoms with van der Waals surface area (Å²) in [5.41, 5.74) is 6.65. The lowest BCUT2D eigenvalue weighted by Gasteiger charge is -2.25. The lowest BCUT2D eigenvalue weighted by Crippen LogP contribution is -2.29. The first-order chi connectivity index (χ1) is 14.4. The highest BCUT2D eigenvalue weighted by Gasteiger charge is 2.27. The van der Waals surface area contributed by atoms with Crippen LogP contribution in [-0.2, 0) is 0 Å². The average molecular weight is 423 g/mol. The molecule has 0 bridgehead atoms. The van der Waals surface area contributed by atoms with Crippen LogP contribution in [0.3, 0.4) is 0 Å². The fraction of sp³-hybridized carbons (Fsp3) is 0.333. The van der Waals surface area contributed by atoms with E-state index in [4.69, 9.17) is 11.6 Å². The van der Waals surface area contributed by atoms with Crippen LogP contribution in [0, 0.1) is 20.8 Å². The number of hydrogen-bond acceptors (Lipinski definition) is 3. The predicted octanol–water partition coefficient (Wildman–Crippen LogP) is 5.17. The molecule has 0 unspecified atom stereocenters. The molecule has 0 aliphatic carbocycles. The van der Waals surface area contributed by atoms with Gasteiger partial charge in [-0.05, 0) is 76.0 Å². The Balaban J connectivity index is 1.74. The maximum Gasteiger partial charge on any atom is 0.259 e. The van der Waals surface area contributed by atoms with E-state index in [1.54, 1.807) is 12.3 Å². The van der Waals surface area contributed by atoms with Gasteiger partial charge in [0.05, 0.1) is 23.1 Å². The fourth-order valence-corrected chi connectivity index (χ4v) is 4.31. The minimum Gasteiger partial charge on any atom is -0.322 e. The number of carbonyl (C=O) groups excluding carboxylic acids is 1. The molecular weight excluding hydrogens is 396 g/mol. The molecular formula is C24H27ClN4O. The van der Waals surface area contributed by atoms with Gasteiger partial charge in [-0.15, -0.1) is 0 Å². The number of carbonyl (C=O) groups is 1. The molecule has 5 nitrogen and oxygen atoms in total. The van der Waals surface area contributed by atoms with E-state index in [0.29, 0.717) is 16.3 Å². The van der Waals surface area contributed by atoms with Crippen molar-refractivity contribution < 1.29 is 4.79 Å². The summed E-state index contributed by atoms with van der Waals surface area (Å²) in [6.07, 6.45) is 3.66. The van der Waals surface area contributed by atoms with Crippen LogP contribution in [-0.4, -0.2) is 28.8 Å². The third kappa shape index (κ3) is 4.13. The Labute approximate surface area is 182 Å². The largest absolute Gasteiger partial charge is 0.322 e. The molecule has 0 atom stereocenters. The van der Waals surface area contributed by atoms with E-state index in [1.165, 1.54) is 5.56 Å². The third-order valence-electron chi connectivity index (χ3n) is 5.79. The maximum atomic E-state index is 13.2. The number of hydrogen-bond donors (Lipinski definition) is 2. The zero-order valence-corrected chi connectivity index (χ0v) is 18.4. The Bertz CT molecular complexity index is 1080. The van der Waals surface area contributed by atoms with E-state index >= 15 is 0 Å². The Kier molecular flexibility index (Phi) is 5.93. The summed E-state index contributed by atoms with van der Waals surface area (Å²) in [5.74, 6) is 0.122. The standard InChI is InChI=1S/C24H27ClN4O/c1-15-4-7-22(17(3)12-15)29-23(18-8-10-26-11-9-18)20(14-27-29)24(30)28-19-6-5-16(2)21(25)13-19/h4-7,12-14,18,26H,8-11H2,1-3H3,(H,28,30). The van der Waals surface area contributed by atoms with Crippen LogP contribution in [0.1, 0.15) is 51.5 Å². The number of anilines is 1. The molecule has 4 rings (SSSR count). The first-order valence-electron chi connectivity index (χ1n) is 10.4. The van der Waals surface area contributed by atoms with E-state index < -0.39 is 0 Å². The van der Waals surface area contributed by atoms with E-state index in [2.05, 4.69) is 47.8 Å². The van der Waals surface area contributed by atoms with Gasteiger partial charge >= 0.3 is 0 Å². The van der Waals surface area contributed by atoms with Gasteiger partial charge in [-0.1, -0.05) is 35.4 Å². The summed E-state index contributed by atoms with van der Waals surface area (Å²) in [6, 6.07) is 11.9. The van der Waals surface area contributed by atoms with E-state index in [1.807, 2.05) is 23.7 Å². The maximum absolute atomic E-state index is 13.2. The van der Waals surface area contributed by atoms with Crippen LogP contribution in [0.2, 0.25) is 5.02 Å². The van der Waals surface area contributed by atoms with Crippen LogP contribution in [0.15, 0.2) is 42.6 Å². The van der Waals surface area contributed by atoms with Crippen LogP contribution in [0.5, 0.6) is 0 Å². The lowest BCUT2D eigenvalue weighted by molar-refractivity contribution is 0.102. The molecule has 1 saturated heterocycles. The van der Waals surface area contributed by atoms with Crippen LogP contribution in [0.4, 0.5) is 5.69 Å². The highest BCUT2D eigenvalue weighted by atomic mass is 35.5. The van der Waals surface area contributed by atoms with Gasteiger partial charge in [0.2, 0.25) is 0 Å². The smallest absolute Gasteiger partial charge is 0.259 e. The van der Waals surface area contributed by atoms with E-state index in [-0.39, 0.29) is 11.8 Å². The van der Waals surface area contributed by atoms with Crippen molar-refractivity contribution in [1.82, 2.24) is 15.1 Å². The van der Waals surface area contributed by atoms with Crippen LogP contribution >= 0.6 is 11.6 Å². The molecule has 2 heterocycles.